The zero-order valence-corrected chi connectivity index (χ0v) is 15.6. The van der Waals surface area contributed by atoms with Gasteiger partial charge in [0.2, 0.25) is 0 Å². The molecule has 134 valence electrons. The molecule has 1 atom stereocenters. The van der Waals surface area contributed by atoms with E-state index in [0.29, 0.717) is 6.04 Å². The zero-order chi connectivity index (χ0) is 17.1. The summed E-state index contributed by atoms with van der Waals surface area (Å²) in [5, 5.41) is 3.28. The summed E-state index contributed by atoms with van der Waals surface area (Å²) in [6.45, 7) is 4.99. The van der Waals surface area contributed by atoms with Crippen LogP contribution in [0.5, 0.6) is 0 Å². The predicted octanol–water partition coefficient (Wildman–Crippen LogP) is 2.79. The first-order valence-electron chi connectivity index (χ1n) is 9.06. The van der Waals surface area contributed by atoms with Crippen LogP contribution >= 0.6 is 11.3 Å². The second kappa shape index (κ2) is 7.50. The van der Waals surface area contributed by atoms with Crippen molar-refractivity contribution in [2.75, 3.05) is 26.7 Å². The van der Waals surface area contributed by atoms with Crippen LogP contribution in [0.25, 0.3) is 0 Å². The molecule has 0 amide bonds. The number of hydrogen-bond donors (Lipinski definition) is 0. The van der Waals surface area contributed by atoms with Gasteiger partial charge >= 0.3 is 0 Å². The molecule has 2 saturated heterocycles. The highest BCUT2D eigenvalue weighted by Crippen LogP contribution is 2.38. The number of hydrogen-bond acceptors (Lipinski definition) is 6. The molecule has 0 bridgehead atoms. The summed E-state index contributed by atoms with van der Waals surface area (Å²) in [4.78, 5) is 13.6. The van der Waals surface area contributed by atoms with Crippen LogP contribution in [0.3, 0.4) is 0 Å². The quantitative estimate of drug-likeness (QED) is 0.822. The molecule has 4 heterocycles. The minimum atomic E-state index is 0.0905. The van der Waals surface area contributed by atoms with Crippen LogP contribution in [0.15, 0.2) is 36.1 Å². The molecule has 0 unspecified atom stereocenters. The maximum atomic E-state index is 6.34. The highest BCUT2D eigenvalue weighted by atomic mass is 32.1. The van der Waals surface area contributed by atoms with Gasteiger partial charge in [0, 0.05) is 49.6 Å². The molecule has 2 fully saturated rings. The Balaban J connectivity index is 1.28. The third kappa shape index (κ3) is 4.08. The average Bonchev–Trinajstić information content (AvgIpc) is 3.29. The molecule has 25 heavy (non-hydrogen) atoms. The first-order valence-corrected chi connectivity index (χ1v) is 9.94. The molecule has 2 aromatic heterocycles. The van der Waals surface area contributed by atoms with Crippen molar-refractivity contribution in [1.82, 2.24) is 19.8 Å². The van der Waals surface area contributed by atoms with E-state index in [1.165, 1.54) is 10.6 Å². The molecule has 0 saturated carbocycles. The van der Waals surface area contributed by atoms with Crippen LogP contribution < -0.4 is 0 Å². The van der Waals surface area contributed by atoms with E-state index in [2.05, 4.69) is 38.3 Å². The fraction of sp³-hybridized carbons (Fsp3) is 0.579. The van der Waals surface area contributed by atoms with E-state index in [0.717, 1.165) is 52.0 Å². The molecule has 1 spiro atoms. The van der Waals surface area contributed by atoms with E-state index in [-0.39, 0.29) is 5.60 Å². The SMILES string of the molecule is CN(Cc1cccnc1)[C@H]1COC2(CCN(Cc3nccs3)CC2)C1. The summed E-state index contributed by atoms with van der Waals surface area (Å²) in [5.41, 5.74) is 1.36. The highest BCUT2D eigenvalue weighted by Gasteiger charge is 2.43. The number of aromatic nitrogens is 2. The molecule has 0 aromatic carbocycles. The molecule has 0 N–H and O–H groups in total. The molecular formula is C19H26N4OS. The van der Waals surface area contributed by atoms with E-state index < -0.39 is 0 Å². The summed E-state index contributed by atoms with van der Waals surface area (Å²) < 4.78 is 6.34. The fourth-order valence-corrected chi connectivity index (χ4v) is 4.66. The molecule has 4 rings (SSSR count). The van der Waals surface area contributed by atoms with E-state index in [9.17, 15) is 0 Å². The summed E-state index contributed by atoms with van der Waals surface area (Å²) in [6, 6.07) is 4.66. The summed E-state index contributed by atoms with van der Waals surface area (Å²) >= 11 is 1.75. The molecule has 6 heteroatoms. The lowest BCUT2D eigenvalue weighted by atomic mass is 9.87. The van der Waals surface area contributed by atoms with Crippen LogP contribution in [0.1, 0.15) is 29.8 Å². The normalized spacial score (nSPS) is 23.5. The van der Waals surface area contributed by atoms with Gasteiger partial charge in [-0.05, 0) is 37.9 Å². The van der Waals surface area contributed by atoms with Crippen LogP contribution in [-0.4, -0.2) is 58.2 Å². The van der Waals surface area contributed by atoms with E-state index in [1.54, 1.807) is 11.3 Å². The first-order chi connectivity index (χ1) is 12.2. The van der Waals surface area contributed by atoms with Gasteiger partial charge in [-0.1, -0.05) is 6.07 Å². The van der Waals surface area contributed by atoms with Crippen molar-refractivity contribution >= 4 is 11.3 Å². The molecular weight excluding hydrogens is 332 g/mol. The zero-order valence-electron chi connectivity index (χ0n) is 14.8. The summed E-state index contributed by atoms with van der Waals surface area (Å²) in [6.07, 6.45) is 9.10. The minimum Gasteiger partial charge on any atom is -0.373 e. The minimum absolute atomic E-state index is 0.0905. The monoisotopic (exact) mass is 358 g/mol. The van der Waals surface area contributed by atoms with Crippen molar-refractivity contribution in [1.29, 1.82) is 0 Å². The number of nitrogens with zero attached hydrogens (tertiary/aromatic N) is 4. The molecule has 2 aromatic rings. The summed E-state index contributed by atoms with van der Waals surface area (Å²) in [5.74, 6) is 0. The lowest BCUT2D eigenvalue weighted by Gasteiger charge is -2.38. The van der Waals surface area contributed by atoms with Crippen molar-refractivity contribution in [3.63, 3.8) is 0 Å². The average molecular weight is 359 g/mol. The number of thiazole rings is 1. The lowest BCUT2D eigenvalue weighted by Crippen LogP contribution is -2.44. The van der Waals surface area contributed by atoms with Gasteiger partial charge in [-0.2, -0.15) is 0 Å². The first kappa shape index (κ1) is 17.1. The van der Waals surface area contributed by atoms with Crippen molar-refractivity contribution in [3.8, 4) is 0 Å². The van der Waals surface area contributed by atoms with Crippen LogP contribution in [0.4, 0.5) is 0 Å². The van der Waals surface area contributed by atoms with Gasteiger partial charge in [-0.15, -0.1) is 11.3 Å². The van der Waals surface area contributed by atoms with Gasteiger partial charge in [0.1, 0.15) is 5.01 Å². The number of pyridine rings is 1. The largest absolute Gasteiger partial charge is 0.373 e. The van der Waals surface area contributed by atoms with Gasteiger partial charge in [0.25, 0.3) is 0 Å². The smallest absolute Gasteiger partial charge is 0.107 e. The number of rotatable bonds is 5. The Bertz CT molecular complexity index is 655. The van der Waals surface area contributed by atoms with Crippen LogP contribution in [0, 0.1) is 0 Å². The predicted molar refractivity (Wildman–Crippen MR) is 99.4 cm³/mol. The standard InChI is InChI=1S/C19H26N4OS/c1-22(13-16-3-2-6-20-12-16)17-11-19(24-15-17)4-8-23(9-5-19)14-18-21-7-10-25-18/h2-3,6-7,10,12,17H,4-5,8-9,11,13-15H2,1H3/t17-/m1/s1. The maximum absolute atomic E-state index is 6.34. The van der Waals surface area contributed by atoms with Gasteiger partial charge in [-0.25, -0.2) is 4.98 Å². The second-order valence-electron chi connectivity index (χ2n) is 7.33. The van der Waals surface area contributed by atoms with Gasteiger partial charge in [0.15, 0.2) is 0 Å². The number of likely N-dealkylation sites (tertiary alicyclic amines) is 1. The number of ether oxygens (including phenoxy) is 1. The summed E-state index contributed by atoms with van der Waals surface area (Å²) in [7, 11) is 2.21. The molecule has 2 aliphatic heterocycles. The Kier molecular flexibility index (Phi) is 5.12. The number of likely N-dealkylation sites (N-methyl/N-ethyl adjacent to an activating group) is 1. The van der Waals surface area contributed by atoms with E-state index in [1.807, 2.05) is 24.7 Å². The molecule has 0 aliphatic carbocycles. The van der Waals surface area contributed by atoms with Gasteiger partial charge in [-0.3, -0.25) is 14.8 Å². The Labute approximate surface area is 153 Å². The Morgan fingerprint density at radius 2 is 2.24 bits per heavy atom. The molecule has 0 radical (unpaired) electrons. The lowest BCUT2D eigenvalue weighted by molar-refractivity contribution is -0.0452. The fourth-order valence-electron chi connectivity index (χ4n) is 4.00. The van der Waals surface area contributed by atoms with Crippen molar-refractivity contribution in [3.05, 3.63) is 46.7 Å². The van der Waals surface area contributed by atoms with Crippen molar-refractivity contribution < 1.29 is 4.74 Å². The Morgan fingerprint density at radius 1 is 1.36 bits per heavy atom. The Morgan fingerprint density at radius 3 is 2.96 bits per heavy atom. The Hall–Kier alpha value is -1.34. The molecule has 2 aliphatic rings. The van der Waals surface area contributed by atoms with Gasteiger partial charge < -0.3 is 4.74 Å². The topological polar surface area (TPSA) is 41.5 Å². The third-order valence-corrected chi connectivity index (χ3v) is 6.34. The maximum Gasteiger partial charge on any atom is 0.107 e. The van der Waals surface area contributed by atoms with E-state index in [4.69, 9.17) is 4.74 Å². The number of piperidine rings is 1. The van der Waals surface area contributed by atoms with Gasteiger partial charge in [0.05, 0.1) is 18.8 Å². The van der Waals surface area contributed by atoms with Crippen molar-refractivity contribution in [2.24, 2.45) is 0 Å². The highest BCUT2D eigenvalue weighted by molar-refractivity contribution is 7.09. The third-order valence-electron chi connectivity index (χ3n) is 5.58. The van der Waals surface area contributed by atoms with E-state index >= 15 is 0 Å². The second-order valence-corrected chi connectivity index (χ2v) is 8.31. The van der Waals surface area contributed by atoms with Crippen molar-refractivity contribution in [2.45, 2.75) is 44.0 Å². The van der Waals surface area contributed by atoms with Crippen LogP contribution in [0.2, 0.25) is 0 Å². The van der Waals surface area contributed by atoms with Crippen LogP contribution in [-0.2, 0) is 17.8 Å². The molecule has 5 nitrogen and oxygen atoms in total.